The van der Waals surface area contributed by atoms with Gasteiger partial charge in [-0.1, -0.05) is 38.1 Å². The standard InChI is InChI=1S/C30H30O6S/c1-3-17-35-25-13-15-29(27(19-25)21-5-9-23(31)10-6-21)37(33,34)30-16-14-26(36-18-4-2)20-28(30)22-7-11-24(32)12-8-22/h5-16,19-20,31-32H,3-4,17-18H2,1-2H3. The van der Waals surface area contributed by atoms with Gasteiger partial charge in [0.15, 0.2) is 0 Å². The highest BCUT2D eigenvalue weighted by atomic mass is 32.2. The van der Waals surface area contributed by atoms with Crippen molar-refractivity contribution in [3.63, 3.8) is 0 Å². The van der Waals surface area contributed by atoms with E-state index in [0.29, 0.717) is 47.0 Å². The van der Waals surface area contributed by atoms with Gasteiger partial charge in [-0.05, 0) is 84.6 Å². The summed E-state index contributed by atoms with van der Waals surface area (Å²) in [6.07, 6.45) is 1.63. The molecule has 37 heavy (non-hydrogen) atoms. The first-order chi connectivity index (χ1) is 17.8. The quantitative estimate of drug-likeness (QED) is 0.239. The van der Waals surface area contributed by atoms with E-state index in [9.17, 15) is 18.6 Å². The molecule has 0 unspecified atom stereocenters. The predicted molar refractivity (Wildman–Crippen MR) is 144 cm³/mol. The minimum absolute atomic E-state index is 0.0869. The summed E-state index contributed by atoms with van der Waals surface area (Å²) in [5.74, 6) is 1.30. The van der Waals surface area contributed by atoms with Crippen LogP contribution in [0.15, 0.2) is 94.7 Å². The Balaban J connectivity index is 1.91. The lowest BCUT2D eigenvalue weighted by atomic mass is 10.0. The molecule has 0 atom stereocenters. The smallest absolute Gasteiger partial charge is 0.207 e. The topological polar surface area (TPSA) is 93.1 Å². The van der Waals surface area contributed by atoms with E-state index >= 15 is 0 Å². The zero-order valence-corrected chi connectivity index (χ0v) is 21.7. The molecule has 0 fully saturated rings. The second-order valence-electron chi connectivity index (χ2n) is 8.61. The molecule has 0 spiro atoms. The van der Waals surface area contributed by atoms with Crippen molar-refractivity contribution in [2.24, 2.45) is 0 Å². The number of sulfone groups is 1. The van der Waals surface area contributed by atoms with Gasteiger partial charge in [0.25, 0.3) is 0 Å². The third kappa shape index (κ3) is 5.89. The summed E-state index contributed by atoms with van der Waals surface area (Å²) in [6, 6.07) is 22.7. The van der Waals surface area contributed by atoms with E-state index in [0.717, 1.165) is 12.8 Å². The highest BCUT2D eigenvalue weighted by molar-refractivity contribution is 7.91. The zero-order chi connectivity index (χ0) is 26.4. The molecular weight excluding hydrogens is 488 g/mol. The van der Waals surface area contributed by atoms with E-state index < -0.39 is 9.84 Å². The fraction of sp³-hybridized carbons (Fsp3) is 0.200. The molecule has 7 heteroatoms. The van der Waals surface area contributed by atoms with E-state index in [-0.39, 0.29) is 21.3 Å². The van der Waals surface area contributed by atoms with E-state index in [1.54, 1.807) is 60.7 Å². The number of hydrogen-bond acceptors (Lipinski definition) is 6. The van der Waals surface area contributed by atoms with Crippen LogP contribution in [-0.4, -0.2) is 31.8 Å². The molecular formula is C30H30O6S. The molecule has 0 aliphatic rings. The Kier molecular flexibility index (Phi) is 8.04. The highest BCUT2D eigenvalue weighted by Gasteiger charge is 2.26. The van der Waals surface area contributed by atoms with Gasteiger partial charge in [0, 0.05) is 11.1 Å². The summed E-state index contributed by atoms with van der Waals surface area (Å²) in [7, 11) is -4.03. The molecule has 4 rings (SSSR count). The van der Waals surface area contributed by atoms with Gasteiger partial charge >= 0.3 is 0 Å². The zero-order valence-electron chi connectivity index (χ0n) is 20.8. The van der Waals surface area contributed by atoms with Gasteiger partial charge in [0.05, 0.1) is 23.0 Å². The fourth-order valence-corrected chi connectivity index (χ4v) is 5.62. The molecule has 0 saturated carbocycles. The minimum atomic E-state index is -4.03. The number of aromatic hydroxyl groups is 2. The Morgan fingerprint density at radius 2 is 0.973 bits per heavy atom. The van der Waals surface area contributed by atoms with Gasteiger partial charge in [0.1, 0.15) is 23.0 Å². The molecule has 4 aromatic carbocycles. The average Bonchev–Trinajstić information content (AvgIpc) is 2.91. The minimum Gasteiger partial charge on any atom is -0.508 e. The monoisotopic (exact) mass is 518 g/mol. The molecule has 0 aliphatic carbocycles. The summed E-state index contributed by atoms with van der Waals surface area (Å²) >= 11 is 0. The molecule has 2 N–H and O–H groups in total. The first-order valence-corrected chi connectivity index (χ1v) is 13.7. The largest absolute Gasteiger partial charge is 0.508 e. The number of rotatable bonds is 10. The maximum absolute atomic E-state index is 14.2. The van der Waals surface area contributed by atoms with Crippen LogP contribution in [0.5, 0.6) is 23.0 Å². The normalized spacial score (nSPS) is 11.3. The molecule has 0 bridgehead atoms. The van der Waals surface area contributed by atoms with Crippen molar-refractivity contribution in [2.75, 3.05) is 13.2 Å². The van der Waals surface area contributed by atoms with Crippen LogP contribution in [0.25, 0.3) is 22.3 Å². The number of hydrogen-bond donors (Lipinski definition) is 2. The Labute approximate surface area is 217 Å². The van der Waals surface area contributed by atoms with Gasteiger partial charge < -0.3 is 19.7 Å². The van der Waals surface area contributed by atoms with Crippen LogP contribution in [0.2, 0.25) is 0 Å². The van der Waals surface area contributed by atoms with Crippen LogP contribution in [0.1, 0.15) is 26.7 Å². The van der Waals surface area contributed by atoms with Crippen molar-refractivity contribution in [1.82, 2.24) is 0 Å². The molecule has 0 aromatic heterocycles. The van der Waals surface area contributed by atoms with Crippen molar-refractivity contribution in [2.45, 2.75) is 36.5 Å². The van der Waals surface area contributed by atoms with Gasteiger partial charge in [-0.3, -0.25) is 0 Å². The summed E-state index contributed by atoms with van der Waals surface area (Å²) in [6.45, 7) is 5.01. The van der Waals surface area contributed by atoms with Crippen molar-refractivity contribution >= 4 is 9.84 Å². The molecule has 0 amide bonds. The molecule has 0 saturated heterocycles. The first-order valence-electron chi connectivity index (χ1n) is 12.2. The second-order valence-corrected chi connectivity index (χ2v) is 10.5. The molecule has 4 aromatic rings. The summed E-state index contributed by atoms with van der Waals surface area (Å²) in [5, 5.41) is 19.6. The Morgan fingerprint density at radius 1 is 0.595 bits per heavy atom. The maximum atomic E-state index is 14.2. The van der Waals surface area contributed by atoms with Crippen LogP contribution in [0.3, 0.4) is 0 Å². The molecule has 0 radical (unpaired) electrons. The summed E-state index contributed by atoms with van der Waals surface area (Å²) in [5.41, 5.74) is 2.20. The fourth-order valence-electron chi connectivity index (χ4n) is 3.96. The second kappa shape index (κ2) is 11.4. The lowest BCUT2D eigenvalue weighted by molar-refractivity contribution is 0.317. The Bertz CT molecular complexity index is 1350. The van der Waals surface area contributed by atoms with Crippen LogP contribution in [0.4, 0.5) is 0 Å². The predicted octanol–water partition coefficient (Wildman–Crippen LogP) is 6.84. The van der Waals surface area contributed by atoms with Gasteiger partial charge in [-0.25, -0.2) is 8.42 Å². The van der Waals surface area contributed by atoms with Crippen molar-refractivity contribution in [3.05, 3.63) is 84.9 Å². The van der Waals surface area contributed by atoms with Crippen LogP contribution in [0, 0.1) is 0 Å². The van der Waals surface area contributed by atoms with Gasteiger partial charge in [-0.2, -0.15) is 0 Å². The molecule has 0 aliphatic heterocycles. The van der Waals surface area contributed by atoms with Crippen molar-refractivity contribution in [1.29, 1.82) is 0 Å². The maximum Gasteiger partial charge on any atom is 0.207 e. The number of phenols is 2. The van der Waals surface area contributed by atoms with Crippen molar-refractivity contribution < 1.29 is 28.1 Å². The number of ether oxygens (including phenoxy) is 2. The Hall–Kier alpha value is -3.97. The van der Waals surface area contributed by atoms with Crippen molar-refractivity contribution in [3.8, 4) is 45.3 Å². The molecule has 192 valence electrons. The van der Waals surface area contributed by atoms with Crippen LogP contribution < -0.4 is 9.47 Å². The third-order valence-corrected chi connectivity index (χ3v) is 7.65. The van der Waals surface area contributed by atoms with E-state index in [1.165, 1.54) is 24.3 Å². The Morgan fingerprint density at radius 3 is 1.32 bits per heavy atom. The van der Waals surface area contributed by atoms with Gasteiger partial charge in [-0.15, -0.1) is 0 Å². The van der Waals surface area contributed by atoms with Crippen LogP contribution >= 0.6 is 0 Å². The first kappa shape index (κ1) is 26.1. The van der Waals surface area contributed by atoms with Gasteiger partial charge in [0.2, 0.25) is 9.84 Å². The van der Waals surface area contributed by atoms with E-state index in [2.05, 4.69) is 0 Å². The average molecular weight is 519 g/mol. The molecule has 6 nitrogen and oxygen atoms in total. The summed E-state index contributed by atoms with van der Waals surface area (Å²) in [4.78, 5) is 0.230. The van der Waals surface area contributed by atoms with E-state index in [1.807, 2.05) is 13.8 Å². The number of phenolic OH excluding ortho intramolecular Hbond substituents is 2. The lowest BCUT2D eigenvalue weighted by Crippen LogP contribution is -2.07. The number of benzene rings is 4. The SMILES string of the molecule is CCCOc1ccc(S(=O)(=O)c2ccc(OCCC)cc2-c2ccc(O)cc2)c(-c2ccc(O)cc2)c1. The van der Waals surface area contributed by atoms with E-state index in [4.69, 9.17) is 9.47 Å². The molecule has 0 heterocycles. The summed E-state index contributed by atoms with van der Waals surface area (Å²) < 4.78 is 40.0. The highest BCUT2D eigenvalue weighted by Crippen LogP contribution is 2.39. The third-order valence-electron chi connectivity index (χ3n) is 5.78. The lowest BCUT2D eigenvalue weighted by Gasteiger charge is -2.17. The van der Waals surface area contributed by atoms with Crippen LogP contribution in [-0.2, 0) is 9.84 Å².